The van der Waals surface area contributed by atoms with Gasteiger partial charge in [0.1, 0.15) is 12.1 Å². The quantitative estimate of drug-likeness (QED) is 0.302. The van der Waals surface area contributed by atoms with Crippen LogP contribution < -0.4 is 10.6 Å². The lowest BCUT2D eigenvalue weighted by Crippen LogP contribution is -2.38. The summed E-state index contributed by atoms with van der Waals surface area (Å²) in [7, 11) is 1.75. The van der Waals surface area contributed by atoms with E-state index in [0.717, 1.165) is 30.5 Å². The van der Waals surface area contributed by atoms with Gasteiger partial charge in [0.25, 0.3) is 0 Å². The zero-order valence-corrected chi connectivity index (χ0v) is 15.7. The van der Waals surface area contributed by atoms with E-state index in [1.54, 1.807) is 25.8 Å². The van der Waals surface area contributed by atoms with Crippen molar-refractivity contribution in [3.63, 3.8) is 0 Å². The second-order valence-electron chi connectivity index (χ2n) is 4.54. The molecule has 2 N–H and O–H groups in total. The fraction of sp³-hybridized carbons (Fsp3) is 0.400. The van der Waals surface area contributed by atoms with Gasteiger partial charge in [0.15, 0.2) is 5.96 Å². The molecule has 2 rings (SSSR count). The third-order valence-corrected chi connectivity index (χ3v) is 3.01. The summed E-state index contributed by atoms with van der Waals surface area (Å²) in [5.74, 6) is 1.59. The summed E-state index contributed by atoms with van der Waals surface area (Å²) in [6.45, 7) is 4.76. The first kappa shape index (κ1) is 19.4. The summed E-state index contributed by atoms with van der Waals surface area (Å²) in [4.78, 5) is 12.5. The van der Waals surface area contributed by atoms with Gasteiger partial charge >= 0.3 is 0 Å². The highest BCUT2D eigenvalue weighted by Gasteiger charge is 2.01. The molecule has 8 heteroatoms. The molecular formula is C15H23IN6O. The van der Waals surface area contributed by atoms with E-state index in [4.69, 9.17) is 4.74 Å². The number of aliphatic imine (C=N–C) groups is 1. The maximum Gasteiger partial charge on any atom is 0.191 e. The number of ether oxygens (including phenoxy) is 1. The van der Waals surface area contributed by atoms with Gasteiger partial charge in [-0.05, 0) is 24.6 Å². The smallest absolute Gasteiger partial charge is 0.191 e. The Morgan fingerprint density at radius 1 is 1.35 bits per heavy atom. The first-order valence-corrected chi connectivity index (χ1v) is 7.29. The summed E-state index contributed by atoms with van der Waals surface area (Å²) < 4.78 is 7.16. The monoisotopic (exact) mass is 430 g/mol. The molecule has 2 aromatic heterocycles. The number of halogens is 1. The molecule has 0 aliphatic carbocycles. The molecule has 0 radical (unpaired) electrons. The highest BCUT2D eigenvalue weighted by molar-refractivity contribution is 14.0. The number of aromatic nitrogens is 3. The minimum absolute atomic E-state index is 0. The van der Waals surface area contributed by atoms with Gasteiger partial charge in [0.2, 0.25) is 0 Å². The Hall–Kier alpha value is -1.68. The molecule has 0 aliphatic rings. The molecular weight excluding hydrogens is 407 g/mol. The first-order valence-electron chi connectivity index (χ1n) is 7.29. The zero-order chi connectivity index (χ0) is 15.6. The van der Waals surface area contributed by atoms with Gasteiger partial charge in [-0.15, -0.1) is 24.0 Å². The SMILES string of the molecule is CCOCCNC(=NC)NCc1ccnc(-n2ccnc2)c1.I. The van der Waals surface area contributed by atoms with Crippen LogP contribution in [0, 0.1) is 0 Å². The molecule has 23 heavy (non-hydrogen) atoms. The molecule has 2 heterocycles. The van der Waals surface area contributed by atoms with Crippen LogP contribution in [0.1, 0.15) is 12.5 Å². The number of imidazole rings is 1. The number of hydrogen-bond donors (Lipinski definition) is 2. The zero-order valence-electron chi connectivity index (χ0n) is 13.4. The number of pyridine rings is 1. The van der Waals surface area contributed by atoms with Gasteiger partial charge in [0, 0.05) is 45.3 Å². The summed E-state index contributed by atoms with van der Waals surface area (Å²) >= 11 is 0. The van der Waals surface area contributed by atoms with Crippen LogP contribution in [0.25, 0.3) is 5.82 Å². The highest BCUT2D eigenvalue weighted by Crippen LogP contribution is 2.06. The average molecular weight is 430 g/mol. The van der Waals surface area contributed by atoms with Crippen LogP contribution >= 0.6 is 24.0 Å². The van der Waals surface area contributed by atoms with Crippen molar-refractivity contribution in [2.75, 3.05) is 26.8 Å². The Morgan fingerprint density at radius 3 is 2.91 bits per heavy atom. The largest absolute Gasteiger partial charge is 0.380 e. The van der Waals surface area contributed by atoms with E-state index in [1.807, 2.05) is 29.8 Å². The third kappa shape index (κ3) is 6.53. The second-order valence-corrected chi connectivity index (χ2v) is 4.54. The van der Waals surface area contributed by atoms with Gasteiger partial charge in [0.05, 0.1) is 6.61 Å². The van der Waals surface area contributed by atoms with Gasteiger partial charge in [-0.2, -0.15) is 0 Å². The first-order chi connectivity index (χ1) is 10.8. The molecule has 0 bridgehead atoms. The molecule has 0 fully saturated rings. The minimum Gasteiger partial charge on any atom is -0.380 e. The van der Waals surface area contributed by atoms with Crippen LogP contribution in [0.3, 0.4) is 0 Å². The maximum absolute atomic E-state index is 5.29. The van der Waals surface area contributed by atoms with E-state index >= 15 is 0 Å². The Bertz CT molecular complexity index is 587. The molecule has 0 spiro atoms. The van der Waals surface area contributed by atoms with Crippen LogP contribution in [0.4, 0.5) is 0 Å². The van der Waals surface area contributed by atoms with Crippen LogP contribution in [-0.4, -0.2) is 47.3 Å². The van der Waals surface area contributed by atoms with Crippen molar-refractivity contribution < 1.29 is 4.74 Å². The summed E-state index contributed by atoms with van der Waals surface area (Å²) in [5.41, 5.74) is 1.12. The Morgan fingerprint density at radius 2 is 2.22 bits per heavy atom. The van der Waals surface area contributed by atoms with E-state index in [1.165, 1.54) is 0 Å². The molecule has 0 aromatic carbocycles. The second kappa shape index (κ2) is 10.9. The standard InChI is InChI=1S/C15H22N6O.HI/c1-3-22-9-7-19-15(16-2)20-11-13-4-5-18-14(10-13)21-8-6-17-12-21;/h4-6,8,10,12H,3,7,9,11H2,1-2H3,(H2,16,19,20);1H. The lowest BCUT2D eigenvalue weighted by molar-refractivity contribution is 0.152. The predicted molar refractivity (Wildman–Crippen MR) is 101 cm³/mol. The van der Waals surface area contributed by atoms with Crippen molar-refractivity contribution >= 4 is 29.9 Å². The Labute approximate surface area is 153 Å². The highest BCUT2D eigenvalue weighted by atomic mass is 127. The number of nitrogens with zero attached hydrogens (tertiary/aromatic N) is 4. The van der Waals surface area contributed by atoms with Crippen molar-refractivity contribution in [3.8, 4) is 5.82 Å². The van der Waals surface area contributed by atoms with Crippen LogP contribution in [-0.2, 0) is 11.3 Å². The number of rotatable bonds is 7. The van der Waals surface area contributed by atoms with E-state index in [-0.39, 0.29) is 24.0 Å². The van der Waals surface area contributed by atoms with Crippen LogP contribution in [0.5, 0.6) is 0 Å². The Kier molecular flexibility index (Phi) is 9.22. The predicted octanol–water partition coefficient (Wildman–Crippen LogP) is 1.59. The minimum atomic E-state index is 0. The molecule has 0 saturated carbocycles. The molecule has 0 saturated heterocycles. The van der Waals surface area contributed by atoms with Crippen LogP contribution in [0.2, 0.25) is 0 Å². The lowest BCUT2D eigenvalue weighted by atomic mass is 10.2. The average Bonchev–Trinajstić information content (AvgIpc) is 3.09. The molecule has 0 aliphatic heterocycles. The molecule has 0 amide bonds. The summed E-state index contributed by atoms with van der Waals surface area (Å²) in [6, 6.07) is 3.99. The number of nitrogens with one attached hydrogen (secondary N) is 2. The summed E-state index contributed by atoms with van der Waals surface area (Å²) in [6.07, 6.45) is 7.12. The van der Waals surface area contributed by atoms with E-state index in [2.05, 4.69) is 25.6 Å². The molecule has 7 nitrogen and oxygen atoms in total. The van der Waals surface area contributed by atoms with Crippen molar-refractivity contribution in [1.29, 1.82) is 0 Å². The third-order valence-electron chi connectivity index (χ3n) is 3.01. The van der Waals surface area contributed by atoms with E-state index in [9.17, 15) is 0 Å². The normalized spacial score (nSPS) is 11.0. The topological polar surface area (TPSA) is 76.4 Å². The maximum atomic E-state index is 5.29. The number of hydrogen-bond acceptors (Lipinski definition) is 4. The Balaban J connectivity index is 0.00000264. The van der Waals surface area contributed by atoms with Gasteiger partial charge in [-0.3, -0.25) is 9.56 Å². The van der Waals surface area contributed by atoms with Crippen molar-refractivity contribution in [1.82, 2.24) is 25.2 Å². The lowest BCUT2D eigenvalue weighted by Gasteiger charge is -2.12. The van der Waals surface area contributed by atoms with E-state index < -0.39 is 0 Å². The molecule has 0 unspecified atom stereocenters. The van der Waals surface area contributed by atoms with E-state index in [0.29, 0.717) is 13.2 Å². The summed E-state index contributed by atoms with van der Waals surface area (Å²) in [5, 5.41) is 6.47. The fourth-order valence-corrected chi connectivity index (χ4v) is 1.90. The molecule has 0 atom stereocenters. The van der Waals surface area contributed by atoms with Crippen molar-refractivity contribution in [2.24, 2.45) is 4.99 Å². The molecule has 2 aromatic rings. The van der Waals surface area contributed by atoms with Crippen molar-refractivity contribution in [3.05, 3.63) is 42.6 Å². The van der Waals surface area contributed by atoms with Crippen molar-refractivity contribution in [2.45, 2.75) is 13.5 Å². The fourth-order valence-electron chi connectivity index (χ4n) is 1.90. The van der Waals surface area contributed by atoms with Gasteiger partial charge in [-0.1, -0.05) is 0 Å². The molecule has 126 valence electrons. The van der Waals surface area contributed by atoms with Crippen LogP contribution in [0.15, 0.2) is 42.0 Å². The number of guanidine groups is 1. The van der Waals surface area contributed by atoms with Gasteiger partial charge in [-0.25, -0.2) is 9.97 Å². The van der Waals surface area contributed by atoms with Gasteiger partial charge < -0.3 is 15.4 Å².